The predicted molar refractivity (Wildman–Crippen MR) is 117 cm³/mol. The van der Waals surface area contributed by atoms with Gasteiger partial charge in [0.1, 0.15) is 6.04 Å². The van der Waals surface area contributed by atoms with E-state index < -0.39 is 34.2 Å². The number of carbonyl (C=O) groups is 2. The lowest BCUT2D eigenvalue weighted by Gasteiger charge is -2.26. The summed E-state index contributed by atoms with van der Waals surface area (Å²) in [6.45, 7) is 6.63. The van der Waals surface area contributed by atoms with Gasteiger partial charge in [-0.3, -0.25) is 9.59 Å². The number of aryl methyl sites for hydroxylation is 1. The lowest BCUT2D eigenvalue weighted by molar-refractivity contribution is -0.172. The second-order valence-electron chi connectivity index (χ2n) is 8.05. The average molecular weight is 505 g/mol. The van der Waals surface area contributed by atoms with Gasteiger partial charge < -0.3 is 10.2 Å². The molecule has 2 amide bonds. The van der Waals surface area contributed by atoms with E-state index in [2.05, 4.69) is 15.0 Å². The number of fused-ring (bicyclic) bond motifs is 1. The Balaban J connectivity index is 2.20. The van der Waals surface area contributed by atoms with Gasteiger partial charge in [-0.05, 0) is 51.0 Å². The zero-order valence-corrected chi connectivity index (χ0v) is 20.1. The Morgan fingerprint density at radius 2 is 1.88 bits per heavy atom. The summed E-state index contributed by atoms with van der Waals surface area (Å²) < 4.78 is 68.6. The molecule has 13 heteroatoms. The first-order chi connectivity index (χ1) is 15.1. The normalized spacial score (nSPS) is 15.2. The molecule has 0 unspecified atom stereocenters. The molecule has 2 heterocycles. The van der Waals surface area contributed by atoms with Gasteiger partial charge in [-0.1, -0.05) is 11.3 Å². The largest absolute Gasteiger partial charge is 0.408 e. The van der Waals surface area contributed by atoms with Crippen LogP contribution in [0.3, 0.4) is 0 Å². The van der Waals surface area contributed by atoms with E-state index >= 15 is 0 Å². The molecule has 33 heavy (non-hydrogen) atoms. The molecule has 8 nitrogen and oxygen atoms in total. The number of hydrogen-bond donors (Lipinski definition) is 2. The van der Waals surface area contributed by atoms with Crippen molar-refractivity contribution < 1.29 is 31.2 Å². The number of halogens is 3. The molecular formula is C20H23F3N4O4S2. The number of aromatic nitrogens is 1. The number of carbonyl (C=O) groups excluding carboxylic acids is 2. The maximum absolute atomic E-state index is 13.3. The quantitative estimate of drug-likeness (QED) is 0.624. The van der Waals surface area contributed by atoms with Crippen LogP contribution in [0, 0.1) is 6.92 Å². The van der Waals surface area contributed by atoms with E-state index in [1.807, 2.05) is 0 Å². The molecule has 3 rings (SSSR count). The Kier molecular flexibility index (Phi) is 6.61. The van der Waals surface area contributed by atoms with Crippen molar-refractivity contribution in [3.05, 3.63) is 29.0 Å². The van der Waals surface area contributed by atoms with Crippen LogP contribution in [0.25, 0.3) is 10.4 Å². The highest BCUT2D eigenvalue weighted by atomic mass is 32.2. The van der Waals surface area contributed by atoms with E-state index in [9.17, 15) is 31.2 Å². The number of sulfonamides is 1. The third-order valence-corrected chi connectivity index (χ3v) is 7.77. The number of hydrogen-bond acceptors (Lipinski definition) is 6. The minimum atomic E-state index is -4.67. The molecule has 0 radical (unpaired) electrons. The first kappa shape index (κ1) is 25.1. The number of benzene rings is 1. The summed E-state index contributed by atoms with van der Waals surface area (Å²) in [5.74, 6) is -1.33. The standard InChI is InChI=1S/C20H23F3N4O4S2/c1-9(2)26-33(30,31)15-7-13(17-10(3)24-19(32-17)25-12(5)28)6-14-8-27(18(29)16(14)15)11(4)20(21,22)23/h6-7,9,11,26H,8H2,1-5H3,(H,24,25,28)/t11-/m0/s1. The fourth-order valence-electron chi connectivity index (χ4n) is 3.51. The zero-order valence-electron chi connectivity index (χ0n) is 18.5. The van der Waals surface area contributed by atoms with Crippen LogP contribution in [0.5, 0.6) is 0 Å². The fraction of sp³-hybridized carbons (Fsp3) is 0.450. The summed E-state index contributed by atoms with van der Waals surface area (Å²) >= 11 is 1.09. The van der Waals surface area contributed by atoms with Crippen LogP contribution in [-0.4, -0.2) is 48.4 Å². The first-order valence-corrected chi connectivity index (χ1v) is 12.2. The van der Waals surface area contributed by atoms with Crippen LogP contribution < -0.4 is 10.0 Å². The summed E-state index contributed by atoms with van der Waals surface area (Å²) in [5, 5.41) is 2.85. The van der Waals surface area contributed by atoms with Crippen LogP contribution in [-0.2, 0) is 21.4 Å². The highest BCUT2D eigenvalue weighted by molar-refractivity contribution is 7.89. The van der Waals surface area contributed by atoms with Crippen molar-refractivity contribution in [1.82, 2.24) is 14.6 Å². The van der Waals surface area contributed by atoms with Crippen molar-refractivity contribution in [1.29, 1.82) is 0 Å². The third kappa shape index (κ3) is 5.04. The molecule has 2 aromatic rings. The van der Waals surface area contributed by atoms with E-state index in [-0.39, 0.29) is 28.5 Å². The zero-order chi connectivity index (χ0) is 24.9. The summed E-state index contributed by atoms with van der Waals surface area (Å²) in [7, 11) is -4.22. The van der Waals surface area contributed by atoms with Crippen LogP contribution in [0.15, 0.2) is 17.0 Å². The second kappa shape index (κ2) is 8.69. The van der Waals surface area contributed by atoms with Gasteiger partial charge in [-0.25, -0.2) is 18.1 Å². The van der Waals surface area contributed by atoms with Crippen molar-refractivity contribution in [3.8, 4) is 10.4 Å². The fourth-order valence-corrected chi connectivity index (χ4v) is 6.03. The summed E-state index contributed by atoms with van der Waals surface area (Å²) in [4.78, 5) is 29.3. The number of nitrogens with one attached hydrogen (secondary N) is 2. The Hall–Kier alpha value is -2.51. The van der Waals surface area contributed by atoms with Crippen LogP contribution in [0.1, 0.15) is 49.3 Å². The van der Waals surface area contributed by atoms with Crippen LogP contribution >= 0.6 is 11.3 Å². The first-order valence-electron chi connectivity index (χ1n) is 9.94. The molecule has 1 aliphatic heterocycles. The third-order valence-electron chi connectivity index (χ3n) is 4.96. The van der Waals surface area contributed by atoms with Crippen LogP contribution in [0.2, 0.25) is 0 Å². The van der Waals surface area contributed by atoms with Gasteiger partial charge in [0, 0.05) is 19.5 Å². The van der Waals surface area contributed by atoms with E-state index in [4.69, 9.17) is 0 Å². The number of anilines is 1. The Bertz CT molecular complexity index is 1220. The Morgan fingerprint density at radius 1 is 1.24 bits per heavy atom. The average Bonchev–Trinajstić information content (AvgIpc) is 3.17. The van der Waals surface area contributed by atoms with E-state index in [0.717, 1.165) is 18.3 Å². The number of nitrogens with zero attached hydrogens (tertiary/aromatic N) is 2. The second-order valence-corrected chi connectivity index (χ2v) is 10.7. The molecule has 1 aromatic carbocycles. The lowest BCUT2D eigenvalue weighted by Crippen LogP contribution is -2.43. The van der Waals surface area contributed by atoms with Gasteiger partial charge in [0.05, 0.1) is 21.0 Å². The summed E-state index contributed by atoms with van der Waals surface area (Å²) in [6.07, 6.45) is -4.67. The molecule has 0 bridgehead atoms. The molecule has 2 N–H and O–H groups in total. The minimum absolute atomic E-state index is 0.173. The predicted octanol–water partition coefficient (Wildman–Crippen LogP) is 3.67. The topological polar surface area (TPSA) is 108 Å². The SMILES string of the molecule is CC(=O)Nc1nc(C)c(-c2cc3c(c(S(=O)(=O)NC(C)C)c2)C(=O)N([C@@H](C)C(F)(F)F)C3)s1. The molecule has 0 fully saturated rings. The summed E-state index contributed by atoms with van der Waals surface area (Å²) in [6, 6.07) is 0.169. The number of alkyl halides is 3. The maximum atomic E-state index is 13.3. The highest BCUT2D eigenvalue weighted by Crippen LogP contribution is 2.40. The monoisotopic (exact) mass is 504 g/mol. The van der Waals surface area contributed by atoms with E-state index in [1.54, 1.807) is 20.8 Å². The molecule has 0 saturated carbocycles. The Labute approximate surface area is 193 Å². The van der Waals surface area contributed by atoms with Crippen molar-refractivity contribution in [2.75, 3.05) is 5.32 Å². The maximum Gasteiger partial charge on any atom is 0.408 e. The van der Waals surface area contributed by atoms with Gasteiger partial charge in [-0.15, -0.1) is 0 Å². The molecule has 0 aliphatic carbocycles. The molecular weight excluding hydrogens is 481 g/mol. The van der Waals surface area contributed by atoms with Gasteiger partial charge >= 0.3 is 6.18 Å². The van der Waals surface area contributed by atoms with Gasteiger partial charge in [0.15, 0.2) is 5.13 Å². The van der Waals surface area contributed by atoms with Gasteiger partial charge in [-0.2, -0.15) is 13.2 Å². The molecule has 1 aromatic heterocycles. The minimum Gasteiger partial charge on any atom is -0.322 e. The number of amides is 2. The molecule has 180 valence electrons. The molecule has 0 saturated heterocycles. The van der Waals surface area contributed by atoms with Crippen molar-refractivity contribution >= 4 is 38.3 Å². The molecule has 1 aliphatic rings. The smallest absolute Gasteiger partial charge is 0.322 e. The van der Waals surface area contributed by atoms with Crippen molar-refractivity contribution in [3.63, 3.8) is 0 Å². The molecule has 0 spiro atoms. The van der Waals surface area contributed by atoms with E-state index in [0.29, 0.717) is 26.2 Å². The summed E-state index contributed by atoms with van der Waals surface area (Å²) in [5.41, 5.74) is 0.770. The number of thiazole rings is 1. The van der Waals surface area contributed by atoms with Gasteiger partial charge in [0.25, 0.3) is 5.91 Å². The van der Waals surface area contributed by atoms with Crippen molar-refractivity contribution in [2.45, 2.75) is 64.3 Å². The van der Waals surface area contributed by atoms with Crippen molar-refractivity contribution in [2.24, 2.45) is 0 Å². The molecule has 1 atom stereocenters. The Morgan fingerprint density at radius 3 is 2.42 bits per heavy atom. The number of rotatable bonds is 6. The van der Waals surface area contributed by atoms with E-state index in [1.165, 1.54) is 19.1 Å². The van der Waals surface area contributed by atoms with Gasteiger partial charge in [0.2, 0.25) is 15.9 Å². The van der Waals surface area contributed by atoms with Crippen LogP contribution in [0.4, 0.5) is 18.3 Å². The highest BCUT2D eigenvalue weighted by Gasteiger charge is 2.46. The lowest BCUT2D eigenvalue weighted by atomic mass is 10.0.